The van der Waals surface area contributed by atoms with Crippen LogP contribution < -0.4 is 5.73 Å². The van der Waals surface area contributed by atoms with Gasteiger partial charge in [-0.1, -0.05) is 121 Å². The lowest BCUT2D eigenvalue weighted by molar-refractivity contribution is -0.306. The second kappa shape index (κ2) is 19.4. The van der Waals surface area contributed by atoms with Gasteiger partial charge in [0.05, 0.1) is 51.8 Å². The molecule has 3 aliphatic heterocycles. The third-order valence-corrected chi connectivity index (χ3v) is 11.1. The highest BCUT2D eigenvalue weighted by Crippen LogP contribution is 2.60. The fourth-order valence-electron chi connectivity index (χ4n) is 8.26. The fraction of sp³-hybridized carbons (Fsp3) is 0.413. The number of nitrogens with two attached hydrogens (primary N) is 1. The van der Waals surface area contributed by atoms with Crippen molar-refractivity contribution in [2.75, 3.05) is 13.2 Å². The minimum Gasteiger partial charge on any atom is -0.387 e. The van der Waals surface area contributed by atoms with E-state index < -0.39 is 48.5 Å². The van der Waals surface area contributed by atoms with Crippen molar-refractivity contribution >= 4 is 5.84 Å². The molecule has 4 aromatic rings. The predicted octanol–water partition coefficient (Wildman–Crippen LogP) is 9.29. The summed E-state index contributed by atoms with van der Waals surface area (Å²) in [4.78, 5) is 4.34. The molecule has 3 aliphatic rings. The number of hydrogen-bond acceptors (Lipinski definition) is 8. The normalized spacial score (nSPS) is 26.7. The van der Waals surface area contributed by atoms with Gasteiger partial charge in [0.25, 0.3) is 0 Å². The van der Waals surface area contributed by atoms with Crippen LogP contribution in [0.25, 0.3) is 0 Å². The van der Waals surface area contributed by atoms with Gasteiger partial charge in [-0.05, 0) is 53.5 Å². The molecule has 2 saturated heterocycles. The van der Waals surface area contributed by atoms with Gasteiger partial charge in [0.1, 0.15) is 11.3 Å². The van der Waals surface area contributed by atoms with E-state index in [9.17, 15) is 0 Å². The van der Waals surface area contributed by atoms with Gasteiger partial charge >= 0.3 is 6.18 Å². The van der Waals surface area contributed by atoms with E-state index >= 15 is 13.2 Å². The number of nitrogens with zero attached hydrogens (tertiary/aromatic N) is 1. The van der Waals surface area contributed by atoms with Gasteiger partial charge in [0.2, 0.25) is 0 Å². The number of aliphatic imine (C=N–C) groups is 1. The van der Waals surface area contributed by atoms with Crippen LogP contribution in [0.1, 0.15) is 54.4 Å². The minimum atomic E-state index is -4.77. The summed E-state index contributed by atoms with van der Waals surface area (Å²) in [6, 6.07) is 38.4. The van der Waals surface area contributed by atoms with Crippen molar-refractivity contribution in [1.82, 2.24) is 0 Å². The zero-order chi connectivity index (χ0) is 39.5. The van der Waals surface area contributed by atoms with Crippen molar-refractivity contribution in [1.29, 1.82) is 0 Å². The quantitative estimate of drug-likeness (QED) is 0.121. The smallest absolute Gasteiger partial charge is 0.387 e. The minimum absolute atomic E-state index is 0.0656. The molecule has 3 heterocycles. The molecule has 11 heteroatoms. The maximum atomic E-state index is 16.4. The molecule has 2 N–H and O–H groups in total. The van der Waals surface area contributed by atoms with Crippen LogP contribution in [-0.4, -0.2) is 50.0 Å². The molecule has 57 heavy (non-hydrogen) atoms. The van der Waals surface area contributed by atoms with Gasteiger partial charge < -0.3 is 34.2 Å². The van der Waals surface area contributed by atoms with Crippen LogP contribution in [0.15, 0.2) is 138 Å². The first-order valence-corrected chi connectivity index (χ1v) is 19.7. The van der Waals surface area contributed by atoms with E-state index in [0.29, 0.717) is 32.5 Å². The molecule has 0 aromatic heterocycles. The monoisotopic (exact) mass is 784 g/mol. The first-order chi connectivity index (χ1) is 27.8. The van der Waals surface area contributed by atoms with Crippen molar-refractivity contribution in [2.24, 2.45) is 28.0 Å². The number of halogens is 3. The average Bonchev–Trinajstić information content (AvgIpc) is 3.23. The van der Waals surface area contributed by atoms with Crippen LogP contribution in [-0.2, 0) is 54.8 Å². The molecule has 8 nitrogen and oxygen atoms in total. The van der Waals surface area contributed by atoms with E-state index in [-0.39, 0.29) is 50.4 Å². The molecule has 2 fully saturated rings. The summed E-state index contributed by atoms with van der Waals surface area (Å²) in [7, 11) is 0. The molecule has 4 aromatic carbocycles. The Morgan fingerprint density at radius 2 is 1.04 bits per heavy atom. The van der Waals surface area contributed by atoms with Crippen LogP contribution in [0, 0.1) is 17.3 Å². The Balaban J connectivity index is 1.16. The predicted molar refractivity (Wildman–Crippen MR) is 210 cm³/mol. The van der Waals surface area contributed by atoms with Crippen LogP contribution in [0.5, 0.6) is 0 Å². The van der Waals surface area contributed by atoms with Crippen molar-refractivity contribution in [2.45, 2.75) is 89.5 Å². The number of benzene rings is 4. The number of ether oxygens (including phenoxy) is 6. The zero-order valence-corrected chi connectivity index (χ0v) is 32.0. The van der Waals surface area contributed by atoms with Gasteiger partial charge in [-0.3, -0.25) is 0 Å². The number of hydrogen-bond donors (Lipinski definition) is 1. The van der Waals surface area contributed by atoms with Gasteiger partial charge in [-0.2, -0.15) is 13.2 Å². The zero-order valence-electron chi connectivity index (χ0n) is 32.0. The molecule has 0 saturated carbocycles. The van der Waals surface area contributed by atoms with Crippen molar-refractivity contribution in [3.8, 4) is 0 Å². The standard InChI is InChI=1S/C46H51F3N2O6/c47-46(48,49)45(40-24-22-38(32-53-28-34-15-7-2-8-16-34)57-44(40)55-30-36-19-11-4-12-20-36)25-42(50)51-26-41(45)39-23-21-37(31-52-27-33-13-5-1-6-14-33)56-43(39)54-29-35-17-9-3-10-18-35/h1-20,26,37-40,43-44H,21-25,27-32H2,(H2,50,51)/t37?,38-,39?,40-,43?,44?,45-/m1/s1. The summed E-state index contributed by atoms with van der Waals surface area (Å²) in [6.45, 7) is 1.43. The first-order valence-electron chi connectivity index (χ1n) is 19.7. The molecule has 0 aliphatic carbocycles. The summed E-state index contributed by atoms with van der Waals surface area (Å²) >= 11 is 0. The first kappa shape index (κ1) is 40.8. The average molecular weight is 785 g/mol. The Morgan fingerprint density at radius 3 is 1.53 bits per heavy atom. The largest absolute Gasteiger partial charge is 0.399 e. The van der Waals surface area contributed by atoms with Crippen LogP contribution in [0.4, 0.5) is 13.2 Å². The molecule has 0 amide bonds. The third-order valence-electron chi connectivity index (χ3n) is 11.1. The van der Waals surface area contributed by atoms with E-state index in [1.54, 1.807) is 0 Å². The van der Waals surface area contributed by atoms with Gasteiger partial charge in [-0.15, -0.1) is 0 Å². The molecule has 0 radical (unpaired) electrons. The molecule has 0 bridgehead atoms. The van der Waals surface area contributed by atoms with Crippen LogP contribution in [0.3, 0.4) is 0 Å². The number of amidine groups is 1. The number of alkyl halides is 3. The molecule has 0 spiro atoms. The Labute approximate surface area is 332 Å². The lowest BCUT2D eigenvalue weighted by atomic mass is 9.59. The van der Waals surface area contributed by atoms with E-state index in [0.717, 1.165) is 22.3 Å². The van der Waals surface area contributed by atoms with Gasteiger partial charge in [0.15, 0.2) is 12.6 Å². The van der Waals surface area contributed by atoms with Crippen molar-refractivity contribution < 1.29 is 41.6 Å². The Bertz CT molecular complexity index is 1880. The summed E-state index contributed by atoms with van der Waals surface area (Å²) in [6.07, 6.45) is -5.79. The summed E-state index contributed by atoms with van der Waals surface area (Å²) in [5.74, 6) is -2.05. The maximum absolute atomic E-state index is 16.4. The molecule has 302 valence electrons. The summed E-state index contributed by atoms with van der Waals surface area (Å²) < 4.78 is 87.1. The van der Waals surface area contributed by atoms with E-state index in [1.165, 1.54) is 6.20 Å². The molecule has 4 unspecified atom stereocenters. The highest BCUT2D eigenvalue weighted by atomic mass is 19.4. The lowest BCUT2D eigenvalue weighted by Gasteiger charge is -2.52. The SMILES string of the molecule is NC1=NC=C(C2CCC(COCc3ccccc3)OC2OCc2ccccc2)[C@@]([C@@H]2CC[C@H](COCc3ccccc3)OC2OCc2ccccc2)(C(F)(F)F)C1. The van der Waals surface area contributed by atoms with E-state index in [4.69, 9.17) is 34.2 Å². The second-order valence-electron chi connectivity index (χ2n) is 15.1. The maximum Gasteiger partial charge on any atom is 0.399 e. The summed E-state index contributed by atoms with van der Waals surface area (Å²) in [5.41, 5.74) is 7.59. The molecule has 7 atom stereocenters. The second-order valence-corrected chi connectivity index (χ2v) is 15.1. The molecule has 7 rings (SSSR count). The van der Waals surface area contributed by atoms with Crippen LogP contribution in [0.2, 0.25) is 0 Å². The van der Waals surface area contributed by atoms with E-state index in [2.05, 4.69) is 4.99 Å². The highest BCUT2D eigenvalue weighted by Gasteiger charge is 2.66. The Hall–Kier alpha value is -4.36. The Kier molecular flexibility index (Phi) is 13.9. The molecular weight excluding hydrogens is 734 g/mol. The number of rotatable bonds is 16. The van der Waals surface area contributed by atoms with E-state index in [1.807, 2.05) is 121 Å². The van der Waals surface area contributed by atoms with Gasteiger partial charge in [0, 0.05) is 24.5 Å². The summed E-state index contributed by atoms with van der Waals surface area (Å²) in [5, 5.41) is 0. The highest BCUT2D eigenvalue weighted by molar-refractivity contribution is 5.83. The lowest BCUT2D eigenvalue weighted by Crippen LogP contribution is -2.58. The van der Waals surface area contributed by atoms with Crippen molar-refractivity contribution in [3.05, 3.63) is 155 Å². The topological polar surface area (TPSA) is 93.8 Å². The third kappa shape index (κ3) is 10.4. The molecular formula is C46H51F3N2O6. The van der Waals surface area contributed by atoms with Crippen molar-refractivity contribution in [3.63, 3.8) is 0 Å². The van der Waals surface area contributed by atoms with Gasteiger partial charge in [-0.25, -0.2) is 4.99 Å². The van der Waals surface area contributed by atoms with Crippen LogP contribution >= 0.6 is 0 Å². The fourth-order valence-corrected chi connectivity index (χ4v) is 8.26. The Morgan fingerprint density at radius 1 is 0.596 bits per heavy atom.